The van der Waals surface area contributed by atoms with Gasteiger partial charge in [-0.25, -0.2) is 4.39 Å². The summed E-state index contributed by atoms with van der Waals surface area (Å²) in [6, 6.07) is 14.7. The van der Waals surface area contributed by atoms with Gasteiger partial charge in [0, 0.05) is 10.7 Å². The van der Waals surface area contributed by atoms with Crippen LogP contribution >= 0.6 is 11.6 Å². The molecule has 3 aromatic carbocycles. The largest absolute Gasteiger partial charge is 0.483 e. The molecule has 0 radical (unpaired) electrons. The highest BCUT2D eigenvalue weighted by atomic mass is 35.5. The van der Waals surface area contributed by atoms with Crippen LogP contribution in [0.25, 0.3) is 16.7 Å². The number of nitrogens with one attached hydrogen (secondary N) is 1. The Kier molecular flexibility index (Phi) is 5.37. The van der Waals surface area contributed by atoms with Crippen molar-refractivity contribution < 1.29 is 13.9 Å². The Morgan fingerprint density at radius 1 is 1.03 bits per heavy atom. The molecule has 1 heterocycles. The van der Waals surface area contributed by atoms with Crippen LogP contribution in [-0.4, -0.2) is 27.5 Å². The number of carbonyl (C=O) groups is 1. The molecule has 0 unspecified atom stereocenters. The predicted molar refractivity (Wildman–Crippen MR) is 114 cm³/mol. The summed E-state index contributed by atoms with van der Waals surface area (Å²) >= 11 is 5.94. The smallest absolute Gasteiger partial charge is 0.262 e. The first-order chi connectivity index (χ1) is 14.4. The van der Waals surface area contributed by atoms with Crippen molar-refractivity contribution in [3.05, 3.63) is 76.6 Å². The Balaban J connectivity index is 1.50. The number of carbonyl (C=O) groups excluding carboxylic acids is 1. The van der Waals surface area contributed by atoms with Crippen LogP contribution in [0.15, 0.2) is 54.6 Å². The summed E-state index contributed by atoms with van der Waals surface area (Å²) in [5, 5.41) is 12.3. The Morgan fingerprint density at radius 3 is 2.43 bits per heavy atom. The quantitative estimate of drug-likeness (QED) is 0.497. The van der Waals surface area contributed by atoms with Gasteiger partial charge in [-0.1, -0.05) is 11.6 Å². The average Bonchev–Trinajstić information content (AvgIpc) is 3.10. The number of fused-ring (bicyclic) bond motifs is 1. The molecule has 1 N–H and O–H groups in total. The minimum atomic E-state index is -0.327. The molecule has 0 saturated carbocycles. The maximum Gasteiger partial charge on any atom is 0.262 e. The van der Waals surface area contributed by atoms with Crippen molar-refractivity contribution in [3.8, 4) is 11.4 Å². The van der Waals surface area contributed by atoms with Crippen LogP contribution in [0.3, 0.4) is 0 Å². The lowest BCUT2D eigenvalue weighted by Gasteiger charge is -2.11. The monoisotopic (exact) mass is 424 g/mol. The van der Waals surface area contributed by atoms with Gasteiger partial charge < -0.3 is 10.1 Å². The van der Waals surface area contributed by atoms with E-state index in [0.29, 0.717) is 33.2 Å². The fourth-order valence-corrected chi connectivity index (χ4v) is 3.22. The number of aryl methyl sites for hydroxylation is 2. The molecule has 4 aromatic rings. The summed E-state index contributed by atoms with van der Waals surface area (Å²) in [6.45, 7) is 3.60. The second-order valence-corrected chi connectivity index (χ2v) is 7.30. The first-order valence-corrected chi connectivity index (χ1v) is 9.59. The SMILES string of the molecule is Cc1cc2nn(-c3ccc(F)cc3)nc2cc1NC(=O)COc1ccc(Cl)cc1C. The van der Waals surface area contributed by atoms with Gasteiger partial charge in [0.05, 0.1) is 5.69 Å². The molecular formula is C22H18ClFN4O2. The van der Waals surface area contributed by atoms with Crippen molar-refractivity contribution in [2.24, 2.45) is 0 Å². The van der Waals surface area contributed by atoms with E-state index >= 15 is 0 Å². The molecule has 0 aliphatic carbocycles. The fraction of sp³-hybridized carbons (Fsp3) is 0.136. The standard InChI is InChI=1S/C22H18ClFN4O2/c1-13-10-19-20(27-28(26-19)17-6-4-16(24)5-7-17)11-18(13)25-22(29)12-30-21-8-3-15(23)9-14(21)2/h3-11H,12H2,1-2H3,(H,25,29). The van der Waals surface area contributed by atoms with Gasteiger partial charge in [-0.3, -0.25) is 4.79 Å². The molecule has 6 nitrogen and oxygen atoms in total. The molecule has 0 fully saturated rings. The zero-order valence-electron chi connectivity index (χ0n) is 16.3. The predicted octanol–water partition coefficient (Wildman–Crippen LogP) is 4.85. The summed E-state index contributed by atoms with van der Waals surface area (Å²) in [6.07, 6.45) is 0. The number of hydrogen-bond donors (Lipinski definition) is 1. The molecule has 0 aliphatic heterocycles. The number of benzene rings is 3. The number of amides is 1. The van der Waals surface area contributed by atoms with Gasteiger partial charge in [-0.15, -0.1) is 10.2 Å². The van der Waals surface area contributed by atoms with E-state index < -0.39 is 0 Å². The summed E-state index contributed by atoms with van der Waals surface area (Å²) in [5.41, 5.74) is 4.23. The van der Waals surface area contributed by atoms with Gasteiger partial charge in [0.25, 0.3) is 5.91 Å². The van der Waals surface area contributed by atoms with E-state index in [0.717, 1.165) is 11.1 Å². The highest BCUT2D eigenvalue weighted by Crippen LogP contribution is 2.24. The Labute approximate surface area is 177 Å². The lowest BCUT2D eigenvalue weighted by atomic mass is 10.1. The van der Waals surface area contributed by atoms with Crippen LogP contribution in [0.1, 0.15) is 11.1 Å². The van der Waals surface area contributed by atoms with Crippen molar-refractivity contribution in [1.82, 2.24) is 15.0 Å². The molecule has 4 rings (SSSR count). The number of anilines is 1. The van der Waals surface area contributed by atoms with Gasteiger partial charge >= 0.3 is 0 Å². The van der Waals surface area contributed by atoms with Crippen LogP contribution in [0.5, 0.6) is 5.75 Å². The van der Waals surface area contributed by atoms with Crippen molar-refractivity contribution in [3.63, 3.8) is 0 Å². The third kappa shape index (κ3) is 4.26. The normalized spacial score (nSPS) is 10.9. The van der Waals surface area contributed by atoms with E-state index in [1.807, 2.05) is 19.9 Å². The molecule has 8 heteroatoms. The van der Waals surface area contributed by atoms with Crippen molar-refractivity contribution in [1.29, 1.82) is 0 Å². The van der Waals surface area contributed by atoms with Crippen molar-refractivity contribution in [2.45, 2.75) is 13.8 Å². The Bertz CT molecular complexity index is 1240. The molecule has 30 heavy (non-hydrogen) atoms. The molecular weight excluding hydrogens is 407 g/mol. The van der Waals surface area contributed by atoms with E-state index in [1.54, 1.807) is 36.4 Å². The number of aromatic nitrogens is 3. The second-order valence-electron chi connectivity index (χ2n) is 6.87. The van der Waals surface area contributed by atoms with Gasteiger partial charge in [0.1, 0.15) is 22.6 Å². The molecule has 0 saturated heterocycles. The van der Waals surface area contributed by atoms with Gasteiger partial charge in [-0.05, 0) is 79.6 Å². The molecule has 152 valence electrons. The molecule has 0 bridgehead atoms. The molecule has 1 aromatic heterocycles. The zero-order chi connectivity index (χ0) is 21.3. The summed E-state index contributed by atoms with van der Waals surface area (Å²) in [4.78, 5) is 13.8. The van der Waals surface area contributed by atoms with Crippen LogP contribution in [0.2, 0.25) is 5.02 Å². The second kappa shape index (κ2) is 8.12. The minimum absolute atomic E-state index is 0.137. The summed E-state index contributed by atoms with van der Waals surface area (Å²) < 4.78 is 18.7. The average molecular weight is 425 g/mol. The van der Waals surface area contributed by atoms with Gasteiger partial charge in [-0.2, -0.15) is 4.80 Å². The van der Waals surface area contributed by atoms with Crippen molar-refractivity contribution >= 4 is 34.2 Å². The maximum absolute atomic E-state index is 13.1. The fourth-order valence-electron chi connectivity index (χ4n) is 3.00. The summed E-state index contributed by atoms with van der Waals surface area (Å²) in [5.74, 6) is -0.0194. The molecule has 1 amide bonds. The highest BCUT2D eigenvalue weighted by molar-refractivity contribution is 6.30. The lowest BCUT2D eigenvalue weighted by molar-refractivity contribution is -0.118. The van der Waals surface area contributed by atoms with E-state index in [1.165, 1.54) is 16.9 Å². The summed E-state index contributed by atoms with van der Waals surface area (Å²) in [7, 11) is 0. The Morgan fingerprint density at radius 2 is 1.73 bits per heavy atom. The van der Waals surface area contributed by atoms with Crippen molar-refractivity contribution in [2.75, 3.05) is 11.9 Å². The van der Waals surface area contributed by atoms with Gasteiger partial charge in [0.15, 0.2) is 6.61 Å². The van der Waals surface area contributed by atoms with Crippen LogP contribution in [0.4, 0.5) is 10.1 Å². The van der Waals surface area contributed by atoms with E-state index in [9.17, 15) is 9.18 Å². The number of ether oxygens (including phenoxy) is 1. The number of rotatable bonds is 5. The first-order valence-electron chi connectivity index (χ1n) is 9.21. The van der Waals surface area contributed by atoms with Crippen LogP contribution < -0.4 is 10.1 Å². The van der Waals surface area contributed by atoms with E-state index in [4.69, 9.17) is 16.3 Å². The van der Waals surface area contributed by atoms with E-state index in [2.05, 4.69) is 15.5 Å². The lowest BCUT2D eigenvalue weighted by Crippen LogP contribution is -2.20. The molecule has 0 aliphatic rings. The number of nitrogens with zero attached hydrogens (tertiary/aromatic N) is 3. The Hall–Kier alpha value is -3.45. The number of halogens is 2. The first kappa shape index (κ1) is 19.8. The minimum Gasteiger partial charge on any atom is -0.483 e. The van der Waals surface area contributed by atoms with E-state index in [-0.39, 0.29) is 18.3 Å². The van der Waals surface area contributed by atoms with Crippen LogP contribution in [-0.2, 0) is 4.79 Å². The maximum atomic E-state index is 13.1. The molecule has 0 spiro atoms. The topological polar surface area (TPSA) is 69.0 Å². The van der Waals surface area contributed by atoms with Crippen LogP contribution in [0, 0.1) is 19.7 Å². The zero-order valence-corrected chi connectivity index (χ0v) is 17.1. The third-order valence-corrected chi connectivity index (χ3v) is 4.79. The number of hydrogen-bond acceptors (Lipinski definition) is 4. The van der Waals surface area contributed by atoms with Gasteiger partial charge in [0.2, 0.25) is 0 Å². The third-order valence-electron chi connectivity index (χ3n) is 4.55. The molecule has 0 atom stereocenters. The highest BCUT2D eigenvalue weighted by Gasteiger charge is 2.12.